The van der Waals surface area contributed by atoms with Gasteiger partial charge < -0.3 is 15.2 Å². The van der Waals surface area contributed by atoms with E-state index in [0.29, 0.717) is 17.0 Å². The van der Waals surface area contributed by atoms with Crippen LogP contribution in [0.1, 0.15) is 25.9 Å². The Morgan fingerprint density at radius 2 is 2.10 bits per heavy atom. The summed E-state index contributed by atoms with van der Waals surface area (Å²) < 4.78 is 10.3. The number of hydrogen-bond acceptors (Lipinski definition) is 6. The molecule has 0 fully saturated rings. The van der Waals surface area contributed by atoms with Crippen molar-refractivity contribution in [3.8, 4) is 5.75 Å². The van der Waals surface area contributed by atoms with Crippen LogP contribution in [-0.4, -0.2) is 18.1 Å². The first-order chi connectivity index (χ1) is 9.49. The first-order valence-corrected chi connectivity index (χ1v) is 6.86. The zero-order valence-corrected chi connectivity index (χ0v) is 12.4. The highest BCUT2D eigenvalue weighted by Crippen LogP contribution is 2.21. The summed E-state index contributed by atoms with van der Waals surface area (Å²) in [5.74, 6) is 0.0824. The molecular formula is C14H16N2O3S. The van der Waals surface area contributed by atoms with Gasteiger partial charge in [0.05, 0.1) is 18.4 Å². The number of carbonyl (C=O) groups is 1. The Labute approximate surface area is 121 Å². The number of carbonyl (C=O) groups excluding carboxylic acids is 1. The van der Waals surface area contributed by atoms with Crippen LogP contribution in [0.4, 0.5) is 5.69 Å². The fourth-order valence-electron chi connectivity index (χ4n) is 1.67. The van der Waals surface area contributed by atoms with Gasteiger partial charge >= 0.3 is 5.97 Å². The van der Waals surface area contributed by atoms with E-state index < -0.39 is 5.97 Å². The largest absolute Gasteiger partial charge is 0.497 e. The Hall–Kier alpha value is -2.08. The van der Waals surface area contributed by atoms with Crippen LogP contribution >= 0.6 is 11.3 Å². The normalized spacial score (nSPS) is 10.3. The number of aromatic nitrogens is 1. The molecule has 2 rings (SSSR count). The van der Waals surface area contributed by atoms with Crippen molar-refractivity contribution >= 4 is 23.0 Å². The van der Waals surface area contributed by atoms with Gasteiger partial charge in [-0.05, 0) is 26.0 Å². The molecule has 1 aromatic heterocycles. The maximum absolute atomic E-state index is 12.0. The van der Waals surface area contributed by atoms with Gasteiger partial charge in [-0.2, -0.15) is 0 Å². The molecule has 0 saturated heterocycles. The van der Waals surface area contributed by atoms with Crippen molar-refractivity contribution in [1.82, 2.24) is 4.98 Å². The summed E-state index contributed by atoms with van der Waals surface area (Å²) in [5.41, 5.74) is 7.49. The lowest BCUT2D eigenvalue weighted by atomic mass is 10.2. The van der Waals surface area contributed by atoms with Gasteiger partial charge in [-0.1, -0.05) is 0 Å². The minimum Gasteiger partial charge on any atom is -0.497 e. The van der Waals surface area contributed by atoms with E-state index in [1.165, 1.54) is 18.4 Å². The van der Waals surface area contributed by atoms with Crippen LogP contribution in [0, 0.1) is 13.8 Å². The molecule has 0 aliphatic heterocycles. The van der Waals surface area contributed by atoms with Crippen molar-refractivity contribution in [1.29, 1.82) is 0 Å². The number of anilines is 1. The van der Waals surface area contributed by atoms with E-state index >= 15 is 0 Å². The molecule has 0 aliphatic rings. The maximum atomic E-state index is 12.0. The molecule has 106 valence electrons. The zero-order chi connectivity index (χ0) is 14.7. The van der Waals surface area contributed by atoms with E-state index in [-0.39, 0.29) is 6.61 Å². The summed E-state index contributed by atoms with van der Waals surface area (Å²) in [6.45, 7) is 4.08. The highest BCUT2D eigenvalue weighted by molar-refractivity contribution is 7.11. The van der Waals surface area contributed by atoms with E-state index in [1.807, 2.05) is 13.8 Å². The molecule has 0 saturated carbocycles. The summed E-state index contributed by atoms with van der Waals surface area (Å²) in [4.78, 5) is 17.4. The van der Waals surface area contributed by atoms with Crippen LogP contribution in [0.3, 0.4) is 0 Å². The van der Waals surface area contributed by atoms with E-state index in [4.69, 9.17) is 15.2 Å². The number of rotatable bonds is 4. The van der Waals surface area contributed by atoms with Crippen LogP contribution in [-0.2, 0) is 11.3 Å². The van der Waals surface area contributed by atoms with Gasteiger partial charge in [-0.3, -0.25) is 0 Å². The molecule has 0 aliphatic carbocycles. The predicted molar refractivity (Wildman–Crippen MR) is 78.1 cm³/mol. The predicted octanol–water partition coefficient (Wildman–Crippen LogP) is 2.71. The highest BCUT2D eigenvalue weighted by atomic mass is 32.1. The number of ether oxygens (including phenoxy) is 2. The second-order valence-electron chi connectivity index (χ2n) is 4.32. The molecular weight excluding hydrogens is 276 g/mol. The van der Waals surface area contributed by atoms with Crippen LogP contribution in [0.5, 0.6) is 5.75 Å². The summed E-state index contributed by atoms with van der Waals surface area (Å²) in [5, 5.41) is 0.782. The second-order valence-corrected chi connectivity index (χ2v) is 5.61. The summed E-state index contributed by atoms with van der Waals surface area (Å²) in [6, 6.07) is 4.80. The molecule has 20 heavy (non-hydrogen) atoms. The van der Waals surface area contributed by atoms with Gasteiger partial charge in [0.25, 0.3) is 0 Å². The fourth-order valence-corrected chi connectivity index (χ4v) is 2.52. The Morgan fingerprint density at radius 3 is 2.70 bits per heavy atom. The number of thiazole rings is 1. The number of aryl methyl sites for hydroxylation is 2. The minimum absolute atomic E-state index is 0.162. The van der Waals surface area contributed by atoms with Crippen LogP contribution in [0.25, 0.3) is 0 Å². The third-order valence-corrected chi connectivity index (χ3v) is 3.85. The molecule has 0 bridgehead atoms. The minimum atomic E-state index is -0.443. The van der Waals surface area contributed by atoms with Crippen LogP contribution in [0.2, 0.25) is 0 Å². The maximum Gasteiger partial charge on any atom is 0.338 e. The first kappa shape index (κ1) is 14.3. The Kier molecular flexibility index (Phi) is 4.24. The fraction of sp³-hybridized carbons (Fsp3) is 0.286. The Morgan fingerprint density at radius 1 is 1.35 bits per heavy atom. The summed E-state index contributed by atoms with van der Waals surface area (Å²) >= 11 is 1.52. The molecule has 0 atom stereocenters. The summed E-state index contributed by atoms with van der Waals surface area (Å²) in [7, 11) is 1.52. The molecule has 2 N–H and O–H groups in total. The molecule has 0 radical (unpaired) electrons. The van der Waals surface area contributed by atoms with E-state index in [9.17, 15) is 4.79 Å². The lowest BCUT2D eigenvalue weighted by Crippen LogP contribution is -2.06. The molecule has 0 spiro atoms. The number of esters is 1. The summed E-state index contributed by atoms with van der Waals surface area (Å²) in [6.07, 6.45) is 0. The standard InChI is InChI=1S/C14H16N2O3S/c1-8-9(2)20-13(16-8)7-19-14(17)10-4-11(15)6-12(5-10)18-3/h4-6H,7,15H2,1-3H3. The average molecular weight is 292 g/mol. The topological polar surface area (TPSA) is 74.4 Å². The first-order valence-electron chi connectivity index (χ1n) is 6.04. The highest BCUT2D eigenvalue weighted by Gasteiger charge is 2.12. The van der Waals surface area contributed by atoms with Crippen molar-refractivity contribution in [3.63, 3.8) is 0 Å². The van der Waals surface area contributed by atoms with Gasteiger partial charge in [-0.25, -0.2) is 9.78 Å². The van der Waals surface area contributed by atoms with Crippen molar-refractivity contribution in [2.75, 3.05) is 12.8 Å². The number of benzene rings is 1. The van der Waals surface area contributed by atoms with Crippen molar-refractivity contribution in [2.24, 2.45) is 0 Å². The van der Waals surface area contributed by atoms with E-state index in [0.717, 1.165) is 15.6 Å². The molecule has 1 heterocycles. The number of nitrogens with two attached hydrogens (primary N) is 1. The van der Waals surface area contributed by atoms with Gasteiger partial charge in [-0.15, -0.1) is 11.3 Å². The second kappa shape index (κ2) is 5.92. The Bertz CT molecular complexity index is 618. The SMILES string of the molecule is COc1cc(N)cc(C(=O)OCc2nc(C)c(C)s2)c1. The van der Waals surface area contributed by atoms with Crippen molar-refractivity contribution in [2.45, 2.75) is 20.5 Å². The average Bonchev–Trinajstić information content (AvgIpc) is 2.74. The lowest BCUT2D eigenvalue weighted by molar-refractivity contribution is 0.0472. The monoisotopic (exact) mass is 292 g/mol. The third-order valence-electron chi connectivity index (χ3n) is 2.80. The zero-order valence-electron chi connectivity index (χ0n) is 11.6. The molecule has 6 heteroatoms. The van der Waals surface area contributed by atoms with E-state index in [2.05, 4.69) is 4.98 Å². The number of nitrogen functional groups attached to an aromatic ring is 1. The van der Waals surface area contributed by atoms with E-state index in [1.54, 1.807) is 18.2 Å². The van der Waals surface area contributed by atoms with Crippen molar-refractivity contribution < 1.29 is 14.3 Å². The molecule has 0 amide bonds. The number of methoxy groups -OCH3 is 1. The number of nitrogens with zero attached hydrogens (tertiary/aromatic N) is 1. The third kappa shape index (κ3) is 3.27. The lowest BCUT2D eigenvalue weighted by Gasteiger charge is -2.06. The molecule has 5 nitrogen and oxygen atoms in total. The quantitative estimate of drug-likeness (QED) is 0.692. The molecule has 0 unspecified atom stereocenters. The van der Waals surface area contributed by atoms with Crippen LogP contribution in [0.15, 0.2) is 18.2 Å². The Balaban J connectivity index is 2.06. The van der Waals surface area contributed by atoms with Gasteiger partial charge in [0.15, 0.2) is 0 Å². The molecule has 2 aromatic rings. The van der Waals surface area contributed by atoms with Crippen LogP contribution < -0.4 is 10.5 Å². The van der Waals surface area contributed by atoms with Gasteiger partial charge in [0, 0.05) is 16.6 Å². The van der Waals surface area contributed by atoms with Gasteiger partial charge in [0.1, 0.15) is 17.4 Å². The number of hydrogen-bond donors (Lipinski definition) is 1. The van der Waals surface area contributed by atoms with Crippen molar-refractivity contribution in [3.05, 3.63) is 39.3 Å². The van der Waals surface area contributed by atoms with Gasteiger partial charge in [0.2, 0.25) is 0 Å². The smallest absolute Gasteiger partial charge is 0.338 e. The molecule has 1 aromatic carbocycles.